The minimum Gasteiger partial charge on any atom is -0.508 e. The van der Waals surface area contributed by atoms with Crippen molar-refractivity contribution in [1.82, 2.24) is 30.3 Å². The summed E-state index contributed by atoms with van der Waals surface area (Å²) < 4.78 is 7.28. The molecule has 0 spiro atoms. The Hall–Kier alpha value is -7.56. The van der Waals surface area contributed by atoms with Gasteiger partial charge in [0.1, 0.15) is 23.3 Å². The smallest absolute Gasteiger partial charge is 0.417 e. The lowest BCUT2D eigenvalue weighted by molar-refractivity contribution is -0.136. The average molecular weight is 911 g/mol. The third kappa shape index (κ3) is 9.31. The third-order valence-corrected chi connectivity index (χ3v) is 13.1. The maximum atomic E-state index is 14.0. The molecule has 5 amide bonds. The number of carbonyl (C=O) groups excluding carboxylic acids is 6. The van der Waals surface area contributed by atoms with E-state index < -0.39 is 23.9 Å². The number of ketones is 1. The second-order valence-corrected chi connectivity index (χ2v) is 17.7. The molecular formula is C50H54N8O9. The summed E-state index contributed by atoms with van der Waals surface area (Å²) in [4.78, 5) is 81.6. The summed E-state index contributed by atoms with van der Waals surface area (Å²) in [7, 11) is 0. The van der Waals surface area contributed by atoms with Gasteiger partial charge < -0.3 is 30.1 Å². The maximum Gasteiger partial charge on any atom is 0.417 e. The zero-order valence-corrected chi connectivity index (χ0v) is 38.1. The number of Topliss-reactive ketones (excluding diaryl/α,β-unsaturated/α-hetero) is 1. The molecule has 5 aromatic rings. The number of hydrogen-bond donors (Lipinski definition) is 5. The van der Waals surface area contributed by atoms with Crippen molar-refractivity contribution in [2.75, 3.05) is 29.9 Å². The van der Waals surface area contributed by atoms with Gasteiger partial charge in [0.2, 0.25) is 17.6 Å². The number of nitrogens with one attached hydrogen (secondary N) is 3. The van der Waals surface area contributed by atoms with Gasteiger partial charge in [-0.25, -0.2) is 4.79 Å². The summed E-state index contributed by atoms with van der Waals surface area (Å²) in [5.41, 5.74) is 4.97. The molecule has 3 aliphatic heterocycles. The highest BCUT2D eigenvalue weighted by Gasteiger charge is 2.40. The molecule has 4 heterocycles. The van der Waals surface area contributed by atoms with Crippen LogP contribution in [0.4, 0.5) is 16.2 Å². The van der Waals surface area contributed by atoms with E-state index in [1.54, 1.807) is 61.5 Å². The third-order valence-electron chi connectivity index (χ3n) is 13.1. The monoisotopic (exact) mass is 910 g/mol. The number of amides is 5. The Kier molecular flexibility index (Phi) is 13.1. The first-order valence-electron chi connectivity index (χ1n) is 22.7. The van der Waals surface area contributed by atoms with Crippen LogP contribution in [0.1, 0.15) is 114 Å². The summed E-state index contributed by atoms with van der Waals surface area (Å²) in [6, 6.07) is 19.7. The Morgan fingerprint density at radius 1 is 0.881 bits per heavy atom. The molecule has 3 atom stereocenters. The van der Waals surface area contributed by atoms with Crippen LogP contribution in [0.25, 0.3) is 17.1 Å². The van der Waals surface area contributed by atoms with Crippen molar-refractivity contribution in [1.29, 1.82) is 0 Å². The minimum atomic E-state index is -0.778. The standard InChI is InChI=1S/C50H54N8O9/c1-6-51-48(64)46-55-54-45(36-24-35(27(2)3)40(59)25-41(36)60)58(46)32-14-12-31(13-15-32)44(62)29(5)30-9-8-21-56(22-20-30)33-16-18-42(28(4)23-33)67-50(66)52-38-11-7-10-34-37(38)26-57(49(34)65)39-17-19-43(61)53-47(39)63/h7,10-16,18,23-25,27,29-30,39,59-60H,6,8-9,17,19-22,26H2,1-5H3,(H,51,64)(H,52,66)(H,53,61,63). The summed E-state index contributed by atoms with van der Waals surface area (Å²) in [6.07, 6.45) is 2.15. The predicted molar refractivity (Wildman–Crippen MR) is 249 cm³/mol. The fraction of sp³-hybridized carbons (Fsp3) is 0.360. The number of carbonyl (C=O) groups is 6. The zero-order valence-electron chi connectivity index (χ0n) is 38.1. The van der Waals surface area contributed by atoms with Crippen LogP contribution in [-0.2, 0) is 16.1 Å². The molecular weight excluding hydrogens is 857 g/mol. The van der Waals surface area contributed by atoms with Crippen molar-refractivity contribution in [2.24, 2.45) is 11.8 Å². The van der Waals surface area contributed by atoms with Crippen molar-refractivity contribution in [3.63, 3.8) is 0 Å². The molecule has 8 rings (SSSR count). The van der Waals surface area contributed by atoms with Crippen LogP contribution in [0.2, 0.25) is 0 Å². The highest BCUT2D eigenvalue weighted by atomic mass is 16.6. The Labute approximate surface area is 387 Å². The molecule has 17 heteroatoms. The van der Waals surface area contributed by atoms with Gasteiger partial charge in [-0.3, -0.25) is 39.2 Å². The molecule has 0 saturated carbocycles. The van der Waals surface area contributed by atoms with E-state index in [0.717, 1.165) is 43.6 Å². The Balaban J connectivity index is 0.902. The Morgan fingerprint density at radius 2 is 1.64 bits per heavy atom. The topological polar surface area (TPSA) is 225 Å². The number of fused-ring (bicyclic) bond motifs is 1. The summed E-state index contributed by atoms with van der Waals surface area (Å²) in [6.45, 7) is 11.4. The fourth-order valence-electron chi connectivity index (χ4n) is 9.34. The van der Waals surface area contributed by atoms with Gasteiger partial charge in [-0.15, -0.1) is 10.2 Å². The molecule has 5 N–H and O–H groups in total. The SMILES string of the molecule is CCNC(=O)c1nnc(-c2cc(C(C)C)c(O)cc2O)n1-c1ccc(C(=O)C(C)C2CCCN(c3ccc(OC(=O)Nc4cccc5c4CN(C4CCC(=O)NC4=O)C5=O)c(C)c3)CC2)cc1. The number of piperidine rings is 1. The molecule has 2 saturated heterocycles. The van der Waals surface area contributed by atoms with Crippen molar-refractivity contribution < 1.29 is 43.7 Å². The number of benzene rings is 4. The second kappa shape index (κ2) is 19.1. The Morgan fingerprint density at radius 3 is 2.36 bits per heavy atom. The normalized spacial score (nSPS) is 17.7. The predicted octanol–water partition coefficient (Wildman–Crippen LogP) is 7.02. The first-order valence-corrected chi connectivity index (χ1v) is 22.7. The lowest BCUT2D eigenvalue weighted by Crippen LogP contribution is -2.52. The molecule has 2 fully saturated rings. The van der Waals surface area contributed by atoms with Crippen LogP contribution >= 0.6 is 0 Å². The molecule has 17 nitrogen and oxygen atoms in total. The van der Waals surface area contributed by atoms with Gasteiger partial charge in [0.15, 0.2) is 11.6 Å². The summed E-state index contributed by atoms with van der Waals surface area (Å²) >= 11 is 0. The van der Waals surface area contributed by atoms with Crippen molar-refractivity contribution in [2.45, 2.75) is 85.2 Å². The van der Waals surface area contributed by atoms with E-state index in [1.165, 1.54) is 15.5 Å². The van der Waals surface area contributed by atoms with Gasteiger partial charge in [-0.1, -0.05) is 26.8 Å². The lowest BCUT2D eigenvalue weighted by Gasteiger charge is -2.29. The first kappa shape index (κ1) is 46.0. The van der Waals surface area contributed by atoms with Crippen molar-refractivity contribution in [3.05, 3.63) is 106 Å². The number of aromatic hydroxyl groups is 2. The number of imide groups is 1. The van der Waals surface area contributed by atoms with E-state index in [1.807, 2.05) is 39.8 Å². The molecule has 1 aromatic heterocycles. The number of hydrogen-bond acceptors (Lipinski definition) is 12. The van der Waals surface area contributed by atoms with E-state index >= 15 is 0 Å². The number of aromatic nitrogens is 3. The quantitative estimate of drug-likeness (QED) is 0.0629. The van der Waals surface area contributed by atoms with Crippen LogP contribution in [0.5, 0.6) is 17.2 Å². The maximum absolute atomic E-state index is 14.0. The highest BCUT2D eigenvalue weighted by molar-refractivity contribution is 6.06. The zero-order chi connectivity index (χ0) is 47.7. The van der Waals surface area contributed by atoms with Crippen molar-refractivity contribution in [3.8, 4) is 34.3 Å². The van der Waals surface area contributed by atoms with Gasteiger partial charge >= 0.3 is 6.09 Å². The van der Waals surface area contributed by atoms with Crippen LogP contribution in [0.15, 0.2) is 72.8 Å². The number of nitrogens with zero attached hydrogens (tertiary/aromatic N) is 5. The number of rotatable bonds is 12. The second-order valence-electron chi connectivity index (χ2n) is 17.7. The highest BCUT2D eigenvalue weighted by Crippen LogP contribution is 2.39. The van der Waals surface area contributed by atoms with E-state index in [4.69, 9.17) is 4.74 Å². The molecule has 3 aliphatic rings. The number of phenolic OH excluding ortho intramolecular Hbond substituents is 2. The molecule has 0 aliphatic carbocycles. The molecule has 67 heavy (non-hydrogen) atoms. The molecule has 0 bridgehead atoms. The summed E-state index contributed by atoms with van der Waals surface area (Å²) in [5.74, 6) is -1.60. The van der Waals surface area contributed by atoms with Gasteiger partial charge in [0.25, 0.3) is 11.8 Å². The van der Waals surface area contributed by atoms with Gasteiger partial charge in [0.05, 0.1) is 5.56 Å². The van der Waals surface area contributed by atoms with Crippen LogP contribution in [0, 0.1) is 18.8 Å². The number of ether oxygens (including phenoxy) is 1. The fourth-order valence-corrected chi connectivity index (χ4v) is 9.34. The first-order chi connectivity index (χ1) is 32.1. The molecule has 348 valence electrons. The number of aryl methyl sites for hydroxylation is 1. The number of anilines is 2. The van der Waals surface area contributed by atoms with Gasteiger partial charge in [-0.05, 0) is 123 Å². The summed E-state index contributed by atoms with van der Waals surface area (Å²) in [5, 5.41) is 37.7. The molecule has 3 unspecified atom stereocenters. The van der Waals surface area contributed by atoms with E-state index in [2.05, 4.69) is 31.0 Å². The van der Waals surface area contributed by atoms with E-state index in [-0.39, 0.29) is 77.9 Å². The molecule has 4 aromatic carbocycles. The van der Waals surface area contributed by atoms with Crippen LogP contribution in [0.3, 0.4) is 0 Å². The largest absolute Gasteiger partial charge is 0.508 e. The molecule has 0 radical (unpaired) electrons. The number of phenols is 2. The average Bonchev–Trinajstić information content (AvgIpc) is 3.79. The van der Waals surface area contributed by atoms with Crippen LogP contribution < -0.4 is 25.6 Å². The van der Waals surface area contributed by atoms with Gasteiger partial charge in [0, 0.05) is 78.3 Å². The van der Waals surface area contributed by atoms with E-state index in [9.17, 15) is 39.0 Å². The van der Waals surface area contributed by atoms with Gasteiger partial charge in [-0.2, -0.15) is 0 Å². The lowest BCUT2D eigenvalue weighted by atomic mass is 9.82. The van der Waals surface area contributed by atoms with Crippen molar-refractivity contribution >= 4 is 46.9 Å². The minimum absolute atomic E-state index is 0.00187. The Bertz CT molecular complexity index is 2780. The van der Waals surface area contributed by atoms with Crippen LogP contribution in [-0.4, -0.2) is 91.1 Å². The van der Waals surface area contributed by atoms with E-state index in [0.29, 0.717) is 51.5 Å².